The van der Waals surface area contributed by atoms with Gasteiger partial charge in [-0.1, -0.05) is 11.8 Å². The standard InChI is InChI=1S/C17H22FN5OS/c1-11-4-3-5-12(2)22(11)15(24)10-25-17-21-20-16(23(17)19)13-6-8-14(18)9-7-13/h6-9,11-12H,3-5,10,19H2,1-2H3/t11-,12-/m1/s1. The number of hydrogen-bond donors (Lipinski definition) is 1. The van der Waals surface area contributed by atoms with Crippen LogP contribution < -0.4 is 5.84 Å². The summed E-state index contributed by atoms with van der Waals surface area (Å²) in [6.07, 6.45) is 3.25. The first-order valence-electron chi connectivity index (χ1n) is 8.37. The Hall–Kier alpha value is -2.09. The summed E-state index contributed by atoms with van der Waals surface area (Å²) in [7, 11) is 0. The smallest absolute Gasteiger partial charge is 0.233 e. The van der Waals surface area contributed by atoms with Crippen LogP contribution in [0.25, 0.3) is 11.4 Å². The van der Waals surface area contributed by atoms with E-state index in [1.807, 2.05) is 4.90 Å². The Kier molecular flexibility index (Phi) is 5.27. The molecule has 1 saturated heterocycles. The molecule has 25 heavy (non-hydrogen) atoms. The molecule has 1 aromatic carbocycles. The van der Waals surface area contributed by atoms with Gasteiger partial charge in [0.1, 0.15) is 5.82 Å². The number of amides is 1. The number of carbonyl (C=O) groups is 1. The Labute approximate surface area is 150 Å². The normalized spacial score (nSPS) is 20.7. The summed E-state index contributed by atoms with van der Waals surface area (Å²) in [6.45, 7) is 4.19. The van der Waals surface area contributed by atoms with Gasteiger partial charge < -0.3 is 10.7 Å². The summed E-state index contributed by atoms with van der Waals surface area (Å²) in [6, 6.07) is 6.42. The molecule has 8 heteroatoms. The number of benzene rings is 1. The van der Waals surface area contributed by atoms with Crippen LogP contribution in [-0.4, -0.2) is 43.5 Å². The fraction of sp³-hybridized carbons (Fsp3) is 0.471. The average Bonchev–Trinajstić information content (AvgIpc) is 2.94. The van der Waals surface area contributed by atoms with Gasteiger partial charge in [0.2, 0.25) is 11.1 Å². The molecule has 2 N–H and O–H groups in total. The molecule has 2 atom stereocenters. The minimum Gasteiger partial charge on any atom is -0.337 e. The number of halogens is 1. The Morgan fingerprint density at radius 2 is 1.88 bits per heavy atom. The van der Waals surface area contributed by atoms with Gasteiger partial charge in [0.05, 0.1) is 5.75 Å². The van der Waals surface area contributed by atoms with Gasteiger partial charge in [0.25, 0.3) is 0 Å². The molecule has 0 saturated carbocycles. The van der Waals surface area contributed by atoms with E-state index in [0.29, 0.717) is 16.5 Å². The molecule has 0 spiro atoms. The zero-order valence-corrected chi connectivity index (χ0v) is 15.2. The number of aromatic nitrogens is 3. The van der Waals surface area contributed by atoms with E-state index < -0.39 is 0 Å². The summed E-state index contributed by atoms with van der Waals surface area (Å²) in [5.74, 6) is 6.53. The molecule has 1 fully saturated rings. The number of nitrogens with two attached hydrogens (primary N) is 1. The summed E-state index contributed by atoms with van der Waals surface area (Å²) < 4.78 is 14.4. The van der Waals surface area contributed by atoms with Crippen LogP contribution in [0.3, 0.4) is 0 Å². The van der Waals surface area contributed by atoms with Crippen molar-refractivity contribution < 1.29 is 9.18 Å². The van der Waals surface area contributed by atoms with Gasteiger partial charge in [-0.15, -0.1) is 10.2 Å². The number of carbonyl (C=O) groups excluding carboxylic acids is 1. The van der Waals surface area contributed by atoms with Gasteiger partial charge in [-0.3, -0.25) is 4.79 Å². The number of likely N-dealkylation sites (tertiary alicyclic amines) is 1. The molecule has 6 nitrogen and oxygen atoms in total. The Bertz CT molecular complexity index is 738. The summed E-state index contributed by atoms with van der Waals surface area (Å²) in [5, 5.41) is 8.57. The summed E-state index contributed by atoms with van der Waals surface area (Å²) in [4.78, 5) is 14.5. The van der Waals surface area contributed by atoms with Gasteiger partial charge >= 0.3 is 0 Å². The molecule has 0 radical (unpaired) electrons. The van der Waals surface area contributed by atoms with Crippen LogP contribution in [0.1, 0.15) is 33.1 Å². The molecule has 3 rings (SSSR count). The first-order valence-corrected chi connectivity index (χ1v) is 9.36. The van der Waals surface area contributed by atoms with Crippen LogP contribution in [0.4, 0.5) is 4.39 Å². The third-order valence-electron chi connectivity index (χ3n) is 4.57. The zero-order chi connectivity index (χ0) is 18.0. The predicted octanol–water partition coefficient (Wildman–Crippen LogP) is 2.68. The Morgan fingerprint density at radius 1 is 1.24 bits per heavy atom. The monoisotopic (exact) mass is 363 g/mol. The van der Waals surface area contributed by atoms with Gasteiger partial charge in [0.15, 0.2) is 5.82 Å². The highest BCUT2D eigenvalue weighted by molar-refractivity contribution is 7.99. The van der Waals surface area contributed by atoms with Crippen LogP contribution in [0.15, 0.2) is 29.4 Å². The summed E-state index contributed by atoms with van der Waals surface area (Å²) >= 11 is 1.27. The van der Waals surface area contributed by atoms with Gasteiger partial charge in [-0.05, 0) is 57.4 Å². The molecule has 134 valence electrons. The van der Waals surface area contributed by atoms with Crippen LogP contribution >= 0.6 is 11.8 Å². The van der Waals surface area contributed by atoms with Crippen molar-refractivity contribution in [3.8, 4) is 11.4 Å². The van der Waals surface area contributed by atoms with Crippen LogP contribution in [0.2, 0.25) is 0 Å². The third-order valence-corrected chi connectivity index (χ3v) is 5.50. The minimum atomic E-state index is -0.322. The molecule has 1 amide bonds. The molecule has 0 bridgehead atoms. The predicted molar refractivity (Wildman–Crippen MR) is 95.9 cm³/mol. The maximum Gasteiger partial charge on any atom is 0.233 e. The second-order valence-corrected chi connectivity index (χ2v) is 7.34. The number of piperidine rings is 1. The number of hydrogen-bond acceptors (Lipinski definition) is 5. The molecule has 0 aliphatic carbocycles. The van der Waals surface area contributed by atoms with Crippen molar-refractivity contribution in [1.29, 1.82) is 0 Å². The molecule has 2 heterocycles. The number of thioether (sulfide) groups is 1. The maximum absolute atomic E-state index is 13.0. The highest BCUT2D eigenvalue weighted by Gasteiger charge is 2.29. The first kappa shape index (κ1) is 17.7. The van der Waals surface area contributed by atoms with Crippen molar-refractivity contribution in [2.24, 2.45) is 0 Å². The van der Waals surface area contributed by atoms with E-state index in [0.717, 1.165) is 19.3 Å². The van der Waals surface area contributed by atoms with Crippen molar-refractivity contribution in [2.75, 3.05) is 11.6 Å². The van der Waals surface area contributed by atoms with Crippen molar-refractivity contribution >= 4 is 17.7 Å². The molecule has 2 aromatic rings. The zero-order valence-electron chi connectivity index (χ0n) is 14.4. The van der Waals surface area contributed by atoms with Crippen molar-refractivity contribution in [2.45, 2.75) is 50.4 Å². The largest absolute Gasteiger partial charge is 0.337 e. The SMILES string of the molecule is C[C@@H]1CCC[C@@H](C)N1C(=O)CSc1nnc(-c2ccc(F)cc2)n1N. The summed E-state index contributed by atoms with van der Waals surface area (Å²) in [5.41, 5.74) is 0.674. The lowest BCUT2D eigenvalue weighted by Crippen LogP contribution is -2.48. The lowest BCUT2D eigenvalue weighted by atomic mass is 9.98. The van der Waals surface area contributed by atoms with Crippen LogP contribution in [0.5, 0.6) is 0 Å². The minimum absolute atomic E-state index is 0.0935. The van der Waals surface area contributed by atoms with E-state index in [9.17, 15) is 9.18 Å². The van der Waals surface area contributed by atoms with Gasteiger partial charge in [-0.2, -0.15) is 0 Å². The molecule has 1 aromatic heterocycles. The molecule has 1 aliphatic rings. The highest BCUT2D eigenvalue weighted by Crippen LogP contribution is 2.26. The molecule has 1 aliphatic heterocycles. The first-order chi connectivity index (χ1) is 12.0. The second kappa shape index (κ2) is 7.43. The van der Waals surface area contributed by atoms with E-state index >= 15 is 0 Å². The van der Waals surface area contributed by atoms with Crippen LogP contribution in [0, 0.1) is 5.82 Å². The Balaban J connectivity index is 1.68. The van der Waals surface area contributed by atoms with E-state index in [2.05, 4.69) is 24.0 Å². The highest BCUT2D eigenvalue weighted by atomic mass is 32.2. The van der Waals surface area contributed by atoms with Crippen molar-refractivity contribution in [1.82, 2.24) is 19.8 Å². The fourth-order valence-corrected chi connectivity index (χ4v) is 4.01. The van der Waals surface area contributed by atoms with Gasteiger partial charge in [-0.25, -0.2) is 9.07 Å². The van der Waals surface area contributed by atoms with E-state index in [-0.39, 0.29) is 29.6 Å². The molecular formula is C17H22FN5OS. The number of nitrogens with zero attached hydrogens (tertiary/aromatic N) is 4. The van der Waals surface area contributed by atoms with Crippen LogP contribution in [-0.2, 0) is 4.79 Å². The maximum atomic E-state index is 13.0. The van der Waals surface area contributed by atoms with E-state index in [4.69, 9.17) is 5.84 Å². The molecule has 0 unspecified atom stereocenters. The average molecular weight is 363 g/mol. The molecular weight excluding hydrogens is 341 g/mol. The number of nitrogen functional groups attached to an aromatic ring is 1. The van der Waals surface area contributed by atoms with Crippen molar-refractivity contribution in [3.05, 3.63) is 30.1 Å². The van der Waals surface area contributed by atoms with Gasteiger partial charge in [0, 0.05) is 17.6 Å². The lowest BCUT2D eigenvalue weighted by Gasteiger charge is -2.39. The quantitative estimate of drug-likeness (QED) is 0.667. The van der Waals surface area contributed by atoms with E-state index in [1.165, 1.54) is 28.6 Å². The third kappa shape index (κ3) is 3.78. The fourth-order valence-electron chi connectivity index (χ4n) is 3.28. The second-order valence-electron chi connectivity index (χ2n) is 6.40. The number of rotatable bonds is 4. The Morgan fingerprint density at radius 3 is 2.52 bits per heavy atom. The lowest BCUT2D eigenvalue weighted by molar-refractivity contribution is -0.134. The van der Waals surface area contributed by atoms with E-state index in [1.54, 1.807) is 12.1 Å². The topological polar surface area (TPSA) is 77.0 Å². The van der Waals surface area contributed by atoms with Crippen molar-refractivity contribution in [3.63, 3.8) is 0 Å².